The van der Waals surface area contributed by atoms with Crippen LogP contribution in [0.2, 0.25) is 0 Å². The van der Waals surface area contributed by atoms with Gasteiger partial charge in [-0.15, -0.1) is 0 Å². The number of rotatable bonds is 3. The first kappa shape index (κ1) is 13.6. The van der Waals surface area contributed by atoms with Crippen molar-refractivity contribution in [2.24, 2.45) is 0 Å². The molecule has 20 heavy (non-hydrogen) atoms. The van der Waals surface area contributed by atoms with E-state index in [2.05, 4.69) is 5.32 Å². The van der Waals surface area contributed by atoms with E-state index in [1.165, 1.54) is 0 Å². The van der Waals surface area contributed by atoms with Gasteiger partial charge in [0, 0.05) is 19.3 Å². The first-order chi connectivity index (χ1) is 9.69. The van der Waals surface area contributed by atoms with Crippen LogP contribution in [0.1, 0.15) is 11.1 Å². The topological polar surface area (TPSA) is 56.1 Å². The molecule has 2 amide bonds. The molecule has 4 nitrogen and oxygen atoms in total. The molecule has 100 valence electrons. The minimum atomic E-state index is -0.182. The maximum atomic E-state index is 12.0. The normalized spacial score (nSPS) is 9.60. The highest BCUT2D eigenvalue weighted by molar-refractivity contribution is 5.89. The molecule has 0 bridgehead atoms. The lowest BCUT2D eigenvalue weighted by molar-refractivity contribution is 0.220. The van der Waals surface area contributed by atoms with E-state index in [0.29, 0.717) is 17.8 Å². The molecule has 0 fully saturated rings. The van der Waals surface area contributed by atoms with Crippen LogP contribution < -0.4 is 5.32 Å². The number of nitriles is 1. The zero-order valence-electron chi connectivity index (χ0n) is 11.2. The fourth-order valence-electron chi connectivity index (χ4n) is 1.78. The zero-order valence-corrected chi connectivity index (χ0v) is 11.2. The largest absolute Gasteiger partial charge is 0.323 e. The molecule has 0 saturated carbocycles. The van der Waals surface area contributed by atoms with Gasteiger partial charge in [0.05, 0.1) is 11.6 Å². The van der Waals surface area contributed by atoms with E-state index in [-0.39, 0.29) is 6.03 Å². The average molecular weight is 265 g/mol. The number of nitrogens with zero attached hydrogens (tertiary/aromatic N) is 2. The summed E-state index contributed by atoms with van der Waals surface area (Å²) in [7, 11) is 1.74. The van der Waals surface area contributed by atoms with E-state index >= 15 is 0 Å². The highest BCUT2D eigenvalue weighted by Gasteiger charge is 2.09. The Morgan fingerprint density at radius 1 is 1.15 bits per heavy atom. The fraction of sp³-hybridized carbons (Fsp3) is 0.125. The Bertz CT molecular complexity index is 614. The quantitative estimate of drug-likeness (QED) is 0.926. The Balaban J connectivity index is 1.95. The van der Waals surface area contributed by atoms with E-state index in [1.54, 1.807) is 36.2 Å². The molecule has 0 aliphatic carbocycles. The molecule has 2 rings (SSSR count). The number of carbonyl (C=O) groups is 1. The maximum Gasteiger partial charge on any atom is 0.321 e. The molecule has 0 radical (unpaired) electrons. The van der Waals surface area contributed by atoms with Crippen LogP contribution in [-0.2, 0) is 6.54 Å². The van der Waals surface area contributed by atoms with E-state index in [1.807, 2.05) is 36.4 Å². The van der Waals surface area contributed by atoms with Crippen molar-refractivity contribution >= 4 is 11.7 Å². The van der Waals surface area contributed by atoms with Gasteiger partial charge in [-0.05, 0) is 29.8 Å². The Hall–Kier alpha value is -2.80. The molecule has 0 aliphatic heterocycles. The van der Waals surface area contributed by atoms with Crippen LogP contribution in [0, 0.1) is 11.3 Å². The van der Waals surface area contributed by atoms with Gasteiger partial charge in [-0.25, -0.2) is 4.79 Å². The summed E-state index contributed by atoms with van der Waals surface area (Å²) < 4.78 is 0. The molecule has 0 atom stereocenters. The van der Waals surface area contributed by atoms with Crippen molar-refractivity contribution in [3.05, 3.63) is 65.7 Å². The molecule has 2 aromatic rings. The molecular weight excluding hydrogens is 250 g/mol. The summed E-state index contributed by atoms with van der Waals surface area (Å²) in [5.74, 6) is 0. The van der Waals surface area contributed by atoms with Crippen molar-refractivity contribution in [1.29, 1.82) is 5.26 Å². The number of nitrogens with one attached hydrogen (secondary N) is 1. The van der Waals surface area contributed by atoms with Gasteiger partial charge in [0.25, 0.3) is 0 Å². The van der Waals surface area contributed by atoms with Gasteiger partial charge >= 0.3 is 6.03 Å². The standard InChI is InChI=1S/C16H15N3O/c1-19(12-14-5-3-2-4-6-14)16(20)18-15-9-7-13(11-17)8-10-15/h2-10H,12H2,1H3,(H,18,20). The first-order valence-electron chi connectivity index (χ1n) is 6.25. The molecule has 0 saturated heterocycles. The van der Waals surface area contributed by atoms with Crippen LogP contribution in [0.5, 0.6) is 0 Å². The van der Waals surface area contributed by atoms with Crippen molar-refractivity contribution in [2.75, 3.05) is 12.4 Å². The molecule has 0 aromatic heterocycles. The number of benzene rings is 2. The number of amides is 2. The summed E-state index contributed by atoms with van der Waals surface area (Å²) in [5.41, 5.74) is 2.32. The van der Waals surface area contributed by atoms with Crippen LogP contribution in [0.4, 0.5) is 10.5 Å². The SMILES string of the molecule is CN(Cc1ccccc1)C(=O)Nc1ccc(C#N)cc1. The summed E-state index contributed by atoms with van der Waals surface area (Å²) in [6.45, 7) is 0.545. The summed E-state index contributed by atoms with van der Waals surface area (Å²) in [5, 5.41) is 11.5. The monoisotopic (exact) mass is 265 g/mol. The molecule has 1 N–H and O–H groups in total. The Labute approximate surface area is 118 Å². The summed E-state index contributed by atoms with van der Waals surface area (Å²) in [6, 6.07) is 18.4. The second kappa shape index (κ2) is 6.39. The number of anilines is 1. The molecule has 0 spiro atoms. The van der Waals surface area contributed by atoms with Gasteiger partial charge in [0.1, 0.15) is 0 Å². The summed E-state index contributed by atoms with van der Waals surface area (Å²) >= 11 is 0. The van der Waals surface area contributed by atoms with E-state index < -0.39 is 0 Å². The van der Waals surface area contributed by atoms with Crippen molar-refractivity contribution in [3.63, 3.8) is 0 Å². The number of hydrogen-bond acceptors (Lipinski definition) is 2. The minimum Gasteiger partial charge on any atom is -0.323 e. The van der Waals surface area contributed by atoms with Gasteiger partial charge in [0.2, 0.25) is 0 Å². The maximum absolute atomic E-state index is 12.0. The summed E-state index contributed by atoms with van der Waals surface area (Å²) in [6.07, 6.45) is 0. The summed E-state index contributed by atoms with van der Waals surface area (Å²) in [4.78, 5) is 13.6. The minimum absolute atomic E-state index is 0.182. The number of urea groups is 1. The highest BCUT2D eigenvalue weighted by Crippen LogP contribution is 2.10. The van der Waals surface area contributed by atoms with Crippen LogP contribution in [0.3, 0.4) is 0 Å². The van der Waals surface area contributed by atoms with Gasteiger partial charge in [-0.3, -0.25) is 0 Å². The fourth-order valence-corrected chi connectivity index (χ4v) is 1.78. The van der Waals surface area contributed by atoms with Gasteiger partial charge in [-0.2, -0.15) is 5.26 Å². The van der Waals surface area contributed by atoms with E-state index in [4.69, 9.17) is 5.26 Å². The lowest BCUT2D eigenvalue weighted by Gasteiger charge is -2.18. The van der Waals surface area contributed by atoms with Gasteiger partial charge in [-0.1, -0.05) is 30.3 Å². The van der Waals surface area contributed by atoms with E-state index in [0.717, 1.165) is 5.56 Å². The van der Waals surface area contributed by atoms with Gasteiger partial charge < -0.3 is 10.2 Å². The second-order valence-electron chi connectivity index (χ2n) is 4.46. The third-order valence-electron chi connectivity index (χ3n) is 2.87. The van der Waals surface area contributed by atoms with Crippen molar-refractivity contribution in [1.82, 2.24) is 4.90 Å². The van der Waals surface area contributed by atoms with Crippen LogP contribution in [0.25, 0.3) is 0 Å². The third-order valence-corrected chi connectivity index (χ3v) is 2.87. The van der Waals surface area contributed by atoms with Gasteiger partial charge in [0.15, 0.2) is 0 Å². The molecule has 2 aromatic carbocycles. The first-order valence-corrected chi connectivity index (χ1v) is 6.25. The average Bonchev–Trinajstić information content (AvgIpc) is 2.49. The highest BCUT2D eigenvalue weighted by atomic mass is 16.2. The lowest BCUT2D eigenvalue weighted by Crippen LogP contribution is -2.30. The van der Waals surface area contributed by atoms with Crippen molar-refractivity contribution in [3.8, 4) is 6.07 Å². The van der Waals surface area contributed by atoms with Crippen molar-refractivity contribution in [2.45, 2.75) is 6.54 Å². The molecule has 0 unspecified atom stereocenters. The Morgan fingerprint density at radius 2 is 1.80 bits per heavy atom. The third kappa shape index (κ3) is 3.59. The molecule has 0 aliphatic rings. The number of carbonyl (C=O) groups excluding carboxylic acids is 1. The van der Waals surface area contributed by atoms with Crippen molar-refractivity contribution < 1.29 is 4.79 Å². The Kier molecular flexibility index (Phi) is 4.35. The predicted molar refractivity (Wildman–Crippen MR) is 78.1 cm³/mol. The smallest absolute Gasteiger partial charge is 0.321 e. The molecular formula is C16H15N3O. The second-order valence-corrected chi connectivity index (χ2v) is 4.46. The van der Waals surface area contributed by atoms with Crippen LogP contribution >= 0.6 is 0 Å². The number of hydrogen-bond donors (Lipinski definition) is 1. The van der Waals surface area contributed by atoms with Crippen LogP contribution in [0.15, 0.2) is 54.6 Å². The lowest BCUT2D eigenvalue weighted by atomic mass is 10.2. The predicted octanol–water partition coefficient (Wildman–Crippen LogP) is 3.22. The molecule has 4 heteroatoms. The van der Waals surface area contributed by atoms with E-state index in [9.17, 15) is 4.79 Å². The van der Waals surface area contributed by atoms with Crippen LogP contribution in [-0.4, -0.2) is 18.0 Å². The Morgan fingerprint density at radius 3 is 2.40 bits per heavy atom. The zero-order chi connectivity index (χ0) is 14.4. The molecule has 0 heterocycles.